The number of carbonyl (C=O) groups is 2. The summed E-state index contributed by atoms with van der Waals surface area (Å²) in [5.74, 6) is -2.56. The van der Waals surface area contributed by atoms with E-state index in [9.17, 15) is 19.8 Å². The SMILES string of the molecule is C=CCC1(C(=O)O)CC=CC(C)C1(CC=C)C(=O)O. The zero-order chi connectivity index (χ0) is 14.7. The monoisotopic (exact) mass is 264 g/mol. The maximum atomic E-state index is 11.9. The van der Waals surface area contributed by atoms with E-state index in [1.54, 1.807) is 19.1 Å². The zero-order valence-corrected chi connectivity index (χ0v) is 11.1. The van der Waals surface area contributed by atoms with Crippen molar-refractivity contribution in [3.63, 3.8) is 0 Å². The Morgan fingerprint density at radius 1 is 1.26 bits per heavy atom. The van der Waals surface area contributed by atoms with Crippen molar-refractivity contribution >= 4 is 11.9 Å². The normalized spacial score (nSPS) is 33.6. The summed E-state index contributed by atoms with van der Waals surface area (Å²) in [5, 5.41) is 19.4. The molecule has 0 fully saturated rings. The molecular formula is C15H20O4. The molecule has 0 aromatic rings. The fraction of sp³-hybridized carbons (Fsp3) is 0.467. The van der Waals surface area contributed by atoms with Gasteiger partial charge in [-0.2, -0.15) is 0 Å². The van der Waals surface area contributed by atoms with Gasteiger partial charge in [0.2, 0.25) is 0 Å². The van der Waals surface area contributed by atoms with Crippen LogP contribution in [-0.4, -0.2) is 22.2 Å². The van der Waals surface area contributed by atoms with Gasteiger partial charge in [0, 0.05) is 0 Å². The third kappa shape index (κ3) is 2.01. The minimum atomic E-state index is -1.39. The molecule has 0 aromatic heterocycles. The minimum Gasteiger partial charge on any atom is -0.481 e. The smallest absolute Gasteiger partial charge is 0.311 e. The van der Waals surface area contributed by atoms with Crippen molar-refractivity contribution in [1.82, 2.24) is 0 Å². The van der Waals surface area contributed by atoms with E-state index in [1.807, 2.05) is 0 Å². The molecule has 0 spiro atoms. The maximum absolute atomic E-state index is 11.9. The van der Waals surface area contributed by atoms with Gasteiger partial charge in [0.05, 0.1) is 10.8 Å². The Bertz CT molecular complexity index is 437. The molecule has 3 unspecified atom stereocenters. The Morgan fingerprint density at radius 2 is 1.84 bits per heavy atom. The van der Waals surface area contributed by atoms with Gasteiger partial charge in [-0.1, -0.05) is 31.2 Å². The van der Waals surface area contributed by atoms with Gasteiger partial charge < -0.3 is 10.2 Å². The topological polar surface area (TPSA) is 74.6 Å². The second kappa shape index (κ2) is 5.43. The van der Waals surface area contributed by atoms with Gasteiger partial charge in [0.1, 0.15) is 0 Å². The van der Waals surface area contributed by atoms with Crippen LogP contribution in [0, 0.1) is 16.7 Å². The van der Waals surface area contributed by atoms with Gasteiger partial charge in [0.15, 0.2) is 0 Å². The average Bonchev–Trinajstić information content (AvgIpc) is 2.33. The van der Waals surface area contributed by atoms with Crippen LogP contribution in [0.25, 0.3) is 0 Å². The quantitative estimate of drug-likeness (QED) is 0.723. The number of hydrogen-bond donors (Lipinski definition) is 2. The molecule has 1 rings (SSSR count). The molecule has 1 aliphatic rings. The molecule has 4 heteroatoms. The number of aliphatic carboxylic acids is 2. The zero-order valence-electron chi connectivity index (χ0n) is 11.1. The molecule has 0 aliphatic heterocycles. The molecular weight excluding hydrogens is 244 g/mol. The number of rotatable bonds is 6. The van der Waals surface area contributed by atoms with Crippen LogP contribution in [0.4, 0.5) is 0 Å². The lowest BCUT2D eigenvalue weighted by Gasteiger charge is -2.49. The number of allylic oxidation sites excluding steroid dienone is 4. The van der Waals surface area contributed by atoms with Crippen molar-refractivity contribution in [2.24, 2.45) is 16.7 Å². The highest BCUT2D eigenvalue weighted by Crippen LogP contribution is 2.56. The van der Waals surface area contributed by atoms with E-state index >= 15 is 0 Å². The highest BCUT2D eigenvalue weighted by Gasteiger charge is 2.62. The fourth-order valence-corrected chi connectivity index (χ4v) is 3.23. The molecule has 19 heavy (non-hydrogen) atoms. The van der Waals surface area contributed by atoms with Crippen LogP contribution in [0.2, 0.25) is 0 Å². The molecule has 0 saturated heterocycles. The molecule has 0 heterocycles. The molecule has 0 saturated carbocycles. The van der Waals surface area contributed by atoms with Crippen LogP contribution in [0.3, 0.4) is 0 Å². The van der Waals surface area contributed by atoms with Crippen molar-refractivity contribution in [3.8, 4) is 0 Å². The van der Waals surface area contributed by atoms with Crippen molar-refractivity contribution in [1.29, 1.82) is 0 Å². The first kappa shape index (κ1) is 15.2. The molecule has 1 aliphatic carbocycles. The lowest BCUT2D eigenvalue weighted by molar-refractivity contribution is -0.179. The predicted octanol–water partition coefficient (Wildman–Crippen LogP) is 2.88. The number of carboxylic acid groups (broad SMARTS) is 2. The van der Waals surface area contributed by atoms with Gasteiger partial charge in [-0.05, 0) is 25.2 Å². The second-order valence-corrected chi connectivity index (χ2v) is 5.07. The molecule has 0 radical (unpaired) electrons. The van der Waals surface area contributed by atoms with E-state index in [1.165, 1.54) is 12.2 Å². The van der Waals surface area contributed by atoms with E-state index < -0.39 is 22.8 Å². The van der Waals surface area contributed by atoms with E-state index in [0.29, 0.717) is 0 Å². The highest BCUT2D eigenvalue weighted by molar-refractivity contribution is 5.88. The Kier molecular flexibility index (Phi) is 4.35. The predicted molar refractivity (Wildman–Crippen MR) is 72.7 cm³/mol. The van der Waals surface area contributed by atoms with E-state index in [0.717, 1.165) is 0 Å². The third-order valence-electron chi connectivity index (χ3n) is 4.27. The lowest BCUT2D eigenvalue weighted by atomic mass is 9.51. The summed E-state index contributed by atoms with van der Waals surface area (Å²) in [6, 6.07) is 0. The summed E-state index contributed by atoms with van der Waals surface area (Å²) in [5.41, 5.74) is -2.76. The minimum absolute atomic E-state index is 0.119. The Morgan fingerprint density at radius 3 is 2.26 bits per heavy atom. The van der Waals surface area contributed by atoms with Crippen LogP contribution >= 0.6 is 0 Å². The Balaban J connectivity index is 3.58. The molecule has 0 bridgehead atoms. The van der Waals surface area contributed by atoms with Gasteiger partial charge in [-0.15, -0.1) is 13.2 Å². The summed E-state index contributed by atoms with van der Waals surface area (Å²) in [7, 11) is 0. The number of hydrogen-bond acceptors (Lipinski definition) is 2. The summed E-state index contributed by atoms with van der Waals surface area (Å²) >= 11 is 0. The Hall–Kier alpha value is -1.84. The third-order valence-corrected chi connectivity index (χ3v) is 4.27. The largest absolute Gasteiger partial charge is 0.481 e. The van der Waals surface area contributed by atoms with Crippen LogP contribution in [0.5, 0.6) is 0 Å². The molecule has 0 amide bonds. The van der Waals surface area contributed by atoms with Gasteiger partial charge in [-0.25, -0.2) is 0 Å². The molecule has 2 N–H and O–H groups in total. The van der Waals surface area contributed by atoms with Crippen molar-refractivity contribution < 1.29 is 19.8 Å². The summed E-state index contributed by atoms with van der Waals surface area (Å²) in [6.45, 7) is 8.93. The molecule has 104 valence electrons. The summed E-state index contributed by atoms with van der Waals surface area (Å²) in [4.78, 5) is 23.7. The lowest BCUT2D eigenvalue weighted by Crippen LogP contribution is -2.56. The van der Waals surface area contributed by atoms with Crippen LogP contribution in [-0.2, 0) is 9.59 Å². The van der Waals surface area contributed by atoms with Crippen LogP contribution in [0.15, 0.2) is 37.5 Å². The van der Waals surface area contributed by atoms with Crippen molar-refractivity contribution in [3.05, 3.63) is 37.5 Å². The first-order valence-electron chi connectivity index (χ1n) is 6.24. The van der Waals surface area contributed by atoms with Gasteiger partial charge >= 0.3 is 11.9 Å². The summed E-state index contributed by atoms with van der Waals surface area (Å²) < 4.78 is 0. The van der Waals surface area contributed by atoms with Crippen LogP contribution in [0.1, 0.15) is 26.2 Å². The van der Waals surface area contributed by atoms with E-state index in [-0.39, 0.29) is 25.2 Å². The average molecular weight is 264 g/mol. The van der Waals surface area contributed by atoms with E-state index in [4.69, 9.17) is 0 Å². The Labute approximate surface area is 113 Å². The van der Waals surface area contributed by atoms with E-state index in [2.05, 4.69) is 13.2 Å². The highest BCUT2D eigenvalue weighted by atomic mass is 16.4. The van der Waals surface area contributed by atoms with Gasteiger partial charge in [-0.3, -0.25) is 9.59 Å². The first-order chi connectivity index (χ1) is 8.89. The summed E-state index contributed by atoms with van der Waals surface area (Å²) in [6.07, 6.45) is 6.95. The second-order valence-electron chi connectivity index (χ2n) is 5.07. The van der Waals surface area contributed by atoms with Crippen molar-refractivity contribution in [2.75, 3.05) is 0 Å². The van der Waals surface area contributed by atoms with Gasteiger partial charge in [0.25, 0.3) is 0 Å². The molecule has 3 atom stereocenters. The first-order valence-corrected chi connectivity index (χ1v) is 6.24. The van der Waals surface area contributed by atoms with Crippen molar-refractivity contribution in [2.45, 2.75) is 26.2 Å². The molecule has 0 aromatic carbocycles. The van der Waals surface area contributed by atoms with Crippen LogP contribution < -0.4 is 0 Å². The maximum Gasteiger partial charge on any atom is 0.311 e. The standard InChI is InChI=1S/C15H20O4/c1-4-8-14(12(16)17)10-6-7-11(3)15(14,9-5-2)13(18)19/h4-7,11H,1-2,8-10H2,3H3,(H,16,17)(H,18,19). The number of carboxylic acids is 2. The molecule has 4 nitrogen and oxygen atoms in total. The fourth-order valence-electron chi connectivity index (χ4n) is 3.23.